The molecule has 0 amide bonds. The highest BCUT2D eigenvalue weighted by Crippen LogP contribution is 2.29. The van der Waals surface area contributed by atoms with Crippen LogP contribution in [0.4, 0.5) is 13.2 Å². The maximum atomic E-state index is 12.0. The zero-order valence-corrected chi connectivity index (χ0v) is 12.3. The van der Waals surface area contributed by atoms with Crippen molar-refractivity contribution >= 4 is 21.8 Å². The molecular weight excluding hydrogens is 313 g/mol. The molecule has 0 atom stereocenters. The maximum absolute atomic E-state index is 12.0. The topological polar surface area (TPSA) is 72.2 Å². The highest BCUT2D eigenvalue weighted by atomic mass is 32.2. The summed E-state index contributed by atoms with van der Waals surface area (Å²) in [6, 6.07) is 4.65. The van der Waals surface area contributed by atoms with Crippen molar-refractivity contribution < 1.29 is 21.6 Å². The molecule has 114 valence electrons. The molecule has 0 aliphatic rings. The quantitative estimate of drug-likeness (QED) is 0.783. The number of nitrogens with one attached hydrogen (secondary N) is 1. The summed E-state index contributed by atoms with van der Waals surface area (Å²) in [6.45, 7) is 1.51. The fourth-order valence-corrected chi connectivity index (χ4v) is 3.48. The van der Waals surface area contributed by atoms with E-state index in [2.05, 4.69) is 4.72 Å². The van der Waals surface area contributed by atoms with Crippen LogP contribution < -0.4 is 10.5 Å². The molecule has 0 aliphatic heterocycles. The van der Waals surface area contributed by atoms with Crippen molar-refractivity contribution in [2.45, 2.75) is 23.9 Å². The van der Waals surface area contributed by atoms with E-state index in [1.165, 1.54) is 6.07 Å². The van der Waals surface area contributed by atoms with Gasteiger partial charge in [0.05, 0.1) is 4.90 Å². The van der Waals surface area contributed by atoms with Gasteiger partial charge < -0.3 is 5.73 Å². The van der Waals surface area contributed by atoms with Crippen LogP contribution >= 0.6 is 11.8 Å². The molecule has 0 bridgehead atoms. The van der Waals surface area contributed by atoms with Crippen LogP contribution in [0.25, 0.3) is 0 Å². The van der Waals surface area contributed by atoms with Crippen LogP contribution in [0.5, 0.6) is 0 Å². The Morgan fingerprint density at radius 1 is 1.35 bits per heavy atom. The van der Waals surface area contributed by atoms with Crippen LogP contribution in [0.2, 0.25) is 0 Å². The van der Waals surface area contributed by atoms with Crippen molar-refractivity contribution in [3.05, 3.63) is 29.3 Å². The Hall–Kier alpha value is -0.770. The Balaban J connectivity index is 2.75. The normalized spacial score (nSPS) is 12.7. The molecule has 0 heterocycles. The first-order valence-corrected chi connectivity index (χ1v) is 8.13. The predicted molar refractivity (Wildman–Crippen MR) is 72.8 cm³/mol. The summed E-state index contributed by atoms with van der Waals surface area (Å²) in [5, 5.41) is 0. The Kier molecular flexibility index (Phi) is 5.87. The van der Waals surface area contributed by atoms with Gasteiger partial charge >= 0.3 is 5.51 Å². The van der Waals surface area contributed by atoms with Crippen LogP contribution in [0.3, 0.4) is 0 Å². The lowest BCUT2D eigenvalue weighted by atomic mass is 10.1. The van der Waals surface area contributed by atoms with Gasteiger partial charge in [0.15, 0.2) is 0 Å². The Labute approximate surface area is 120 Å². The molecule has 0 aliphatic carbocycles. The van der Waals surface area contributed by atoms with Gasteiger partial charge in [-0.2, -0.15) is 13.2 Å². The average molecular weight is 328 g/mol. The Morgan fingerprint density at radius 3 is 2.55 bits per heavy atom. The van der Waals surface area contributed by atoms with Crippen molar-refractivity contribution in [1.82, 2.24) is 4.72 Å². The standard InChI is InChI=1S/C11H15F3N2O2S2/c1-8-9(7-15)3-2-4-10(8)20(17,18)16-5-6-19-11(12,13)14/h2-4,16H,5-7,15H2,1H3. The van der Waals surface area contributed by atoms with Gasteiger partial charge in [0.1, 0.15) is 0 Å². The van der Waals surface area contributed by atoms with Gasteiger partial charge in [-0.05, 0) is 35.9 Å². The summed E-state index contributed by atoms with van der Waals surface area (Å²) in [5.41, 5.74) is 2.31. The van der Waals surface area contributed by atoms with E-state index in [4.69, 9.17) is 5.73 Å². The Bertz CT molecular complexity index is 559. The molecule has 0 radical (unpaired) electrons. The summed E-state index contributed by atoms with van der Waals surface area (Å²) in [5.74, 6) is -0.377. The number of hydrogen-bond donors (Lipinski definition) is 2. The first-order chi connectivity index (χ1) is 9.17. The first kappa shape index (κ1) is 17.3. The number of hydrogen-bond acceptors (Lipinski definition) is 4. The minimum atomic E-state index is -4.36. The van der Waals surface area contributed by atoms with Gasteiger partial charge in [-0.15, -0.1) is 0 Å². The number of thioether (sulfide) groups is 1. The van der Waals surface area contributed by atoms with E-state index < -0.39 is 15.5 Å². The second kappa shape index (κ2) is 6.79. The monoisotopic (exact) mass is 328 g/mol. The molecule has 9 heteroatoms. The summed E-state index contributed by atoms with van der Waals surface area (Å²) in [4.78, 5) is 0.0393. The van der Waals surface area contributed by atoms with Gasteiger partial charge in [-0.1, -0.05) is 12.1 Å². The van der Waals surface area contributed by atoms with Crippen LogP contribution in [0, 0.1) is 6.92 Å². The third-order valence-corrected chi connectivity index (χ3v) is 4.91. The zero-order valence-electron chi connectivity index (χ0n) is 10.7. The predicted octanol–water partition coefficient (Wildman–Crippen LogP) is 1.99. The highest BCUT2D eigenvalue weighted by molar-refractivity contribution is 8.00. The molecule has 0 fully saturated rings. The summed E-state index contributed by atoms with van der Waals surface area (Å²) in [7, 11) is -3.83. The number of sulfonamides is 1. The summed E-state index contributed by atoms with van der Waals surface area (Å²) < 4.78 is 62.0. The third-order valence-electron chi connectivity index (χ3n) is 2.57. The molecule has 0 saturated heterocycles. The maximum Gasteiger partial charge on any atom is 0.441 e. The number of benzene rings is 1. The Morgan fingerprint density at radius 2 is 2.00 bits per heavy atom. The lowest BCUT2D eigenvalue weighted by molar-refractivity contribution is -0.0327. The minimum absolute atomic E-state index is 0.0393. The lowest BCUT2D eigenvalue weighted by Gasteiger charge is -2.12. The van der Waals surface area contributed by atoms with Crippen LogP contribution in [0.15, 0.2) is 23.1 Å². The van der Waals surface area contributed by atoms with E-state index in [-0.39, 0.29) is 35.5 Å². The smallest absolute Gasteiger partial charge is 0.326 e. The van der Waals surface area contributed by atoms with Crippen molar-refractivity contribution in [2.24, 2.45) is 5.73 Å². The molecule has 1 rings (SSSR count). The van der Waals surface area contributed by atoms with Crippen LogP contribution in [-0.2, 0) is 16.6 Å². The molecule has 1 aromatic rings. The SMILES string of the molecule is Cc1c(CN)cccc1S(=O)(=O)NCCSC(F)(F)F. The molecule has 0 aromatic heterocycles. The van der Waals surface area contributed by atoms with E-state index in [1.54, 1.807) is 19.1 Å². The summed E-state index contributed by atoms with van der Waals surface area (Å²) in [6.07, 6.45) is 0. The molecule has 1 aromatic carbocycles. The molecule has 0 unspecified atom stereocenters. The lowest BCUT2D eigenvalue weighted by Crippen LogP contribution is -2.27. The van der Waals surface area contributed by atoms with E-state index in [9.17, 15) is 21.6 Å². The fraction of sp³-hybridized carbons (Fsp3) is 0.455. The van der Waals surface area contributed by atoms with Crippen molar-refractivity contribution in [3.8, 4) is 0 Å². The number of halogens is 3. The van der Waals surface area contributed by atoms with Crippen molar-refractivity contribution in [2.75, 3.05) is 12.3 Å². The second-order valence-corrected chi connectivity index (χ2v) is 6.83. The van der Waals surface area contributed by atoms with E-state index >= 15 is 0 Å². The van der Waals surface area contributed by atoms with Gasteiger partial charge in [-0.3, -0.25) is 0 Å². The fourth-order valence-electron chi connectivity index (χ4n) is 1.59. The number of rotatable bonds is 6. The second-order valence-electron chi connectivity index (χ2n) is 3.94. The first-order valence-electron chi connectivity index (χ1n) is 5.66. The van der Waals surface area contributed by atoms with Crippen LogP contribution in [-0.4, -0.2) is 26.2 Å². The van der Waals surface area contributed by atoms with E-state index in [0.29, 0.717) is 11.1 Å². The zero-order chi connectivity index (χ0) is 15.4. The molecule has 0 saturated carbocycles. The van der Waals surface area contributed by atoms with Gasteiger partial charge in [0.25, 0.3) is 0 Å². The number of nitrogens with two attached hydrogens (primary N) is 1. The number of alkyl halides is 3. The summed E-state index contributed by atoms with van der Waals surface area (Å²) >= 11 is -0.266. The van der Waals surface area contributed by atoms with Crippen LogP contribution in [0.1, 0.15) is 11.1 Å². The highest BCUT2D eigenvalue weighted by Gasteiger charge is 2.28. The average Bonchev–Trinajstić information content (AvgIpc) is 2.34. The van der Waals surface area contributed by atoms with Gasteiger partial charge in [0, 0.05) is 18.8 Å². The van der Waals surface area contributed by atoms with Crippen molar-refractivity contribution in [1.29, 1.82) is 0 Å². The minimum Gasteiger partial charge on any atom is -0.326 e. The molecular formula is C11H15F3N2O2S2. The van der Waals surface area contributed by atoms with Gasteiger partial charge in [0.2, 0.25) is 10.0 Å². The molecule has 0 spiro atoms. The third kappa shape index (κ3) is 4.97. The van der Waals surface area contributed by atoms with E-state index in [0.717, 1.165) is 0 Å². The molecule has 20 heavy (non-hydrogen) atoms. The molecule has 4 nitrogen and oxygen atoms in total. The van der Waals surface area contributed by atoms with Crippen molar-refractivity contribution in [3.63, 3.8) is 0 Å². The van der Waals surface area contributed by atoms with E-state index in [1.807, 2.05) is 0 Å². The largest absolute Gasteiger partial charge is 0.441 e. The molecule has 3 N–H and O–H groups in total. The van der Waals surface area contributed by atoms with Gasteiger partial charge in [-0.25, -0.2) is 13.1 Å².